The molecule has 7 heteroatoms. The molecule has 2 N–H and O–H groups in total. The standard InChI is InChI=1S/C20H17FN4O2/c1-11(2)25-10-14(12-6-3-4-7-13(12)20(25)27)19(26)22-18-17-15(21)8-5-9-16(17)23-24-18/h3-11H,1-2H3,(H2,22,23,24,26). The van der Waals surface area contributed by atoms with E-state index >= 15 is 0 Å². The van der Waals surface area contributed by atoms with E-state index in [1.807, 2.05) is 13.8 Å². The zero-order chi connectivity index (χ0) is 19.1. The zero-order valence-electron chi connectivity index (χ0n) is 14.8. The molecule has 0 fully saturated rings. The number of aromatic nitrogens is 3. The van der Waals surface area contributed by atoms with E-state index in [0.717, 1.165) is 0 Å². The fourth-order valence-electron chi connectivity index (χ4n) is 3.17. The summed E-state index contributed by atoms with van der Waals surface area (Å²) in [6.07, 6.45) is 1.54. The van der Waals surface area contributed by atoms with Gasteiger partial charge in [-0.2, -0.15) is 5.10 Å². The lowest BCUT2D eigenvalue weighted by Crippen LogP contribution is -2.25. The van der Waals surface area contributed by atoms with Gasteiger partial charge in [0, 0.05) is 23.0 Å². The Hall–Kier alpha value is -3.48. The summed E-state index contributed by atoms with van der Waals surface area (Å²) in [4.78, 5) is 25.6. The molecule has 0 aliphatic carbocycles. The highest BCUT2D eigenvalue weighted by molar-refractivity contribution is 6.14. The number of rotatable bonds is 3. The van der Waals surface area contributed by atoms with Crippen LogP contribution in [0, 0.1) is 5.82 Å². The number of H-pyrrole nitrogens is 1. The van der Waals surface area contributed by atoms with Crippen molar-refractivity contribution in [3.8, 4) is 0 Å². The Morgan fingerprint density at radius 3 is 2.63 bits per heavy atom. The number of nitrogens with one attached hydrogen (secondary N) is 2. The molecule has 0 saturated carbocycles. The van der Waals surface area contributed by atoms with E-state index in [2.05, 4.69) is 15.5 Å². The van der Waals surface area contributed by atoms with Gasteiger partial charge in [-0.05, 0) is 32.0 Å². The van der Waals surface area contributed by atoms with Crippen molar-refractivity contribution >= 4 is 33.4 Å². The molecule has 0 unspecified atom stereocenters. The first-order chi connectivity index (χ1) is 13.0. The van der Waals surface area contributed by atoms with Gasteiger partial charge in [0.15, 0.2) is 5.82 Å². The molecular weight excluding hydrogens is 347 g/mol. The summed E-state index contributed by atoms with van der Waals surface area (Å²) in [5.74, 6) is -0.828. The Labute approximate surface area is 153 Å². The van der Waals surface area contributed by atoms with Crippen LogP contribution < -0.4 is 10.9 Å². The molecule has 0 aliphatic heterocycles. The number of pyridine rings is 1. The molecule has 2 heterocycles. The Morgan fingerprint density at radius 1 is 1.15 bits per heavy atom. The molecule has 0 bridgehead atoms. The van der Waals surface area contributed by atoms with Crippen LogP contribution >= 0.6 is 0 Å². The second-order valence-electron chi connectivity index (χ2n) is 6.58. The fraction of sp³-hybridized carbons (Fsp3) is 0.150. The van der Waals surface area contributed by atoms with Gasteiger partial charge in [0.2, 0.25) is 0 Å². The highest BCUT2D eigenvalue weighted by Crippen LogP contribution is 2.25. The zero-order valence-corrected chi connectivity index (χ0v) is 14.8. The van der Waals surface area contributed by atoms with Crippen LogP contribution in [0.5, 0.6) is 0 Å². The molecule has 27 heavy (non-hydrogen) atoms. The van der Waals surface area contributed by atoms with E-state index in [-0.39, 0.29) is 22.8 Å². The first-order valence-corrected chi connectivity index (χ1v) is 8.55. The van der Waals surface area contributed by atoms with Crippen LogP contribution in [0.15, 0.2) is 53.5 Å². The molecule has 0 saturated heterocycles. The van der Waals surface area contributed by atoms with Gasteiger partial charge < -0.3 is 9.88 Å². The third-order valence-electron chi connectivity index (χ3n) is 4.52. The summed E-state index contributed by atoms with van der Waals surface area (Å²) in [7, 11) is 0. The Morgan fingerprint density at radius 2 is 1.89 bits per heavy atom. The van der Waals surface area contributed by atoms with Crippen molar-refractivity contribution in [1.29, 1.82) is 0 Å². The van der Waals surface area contributed by atoms with E-state index in [9.17, 15) is 14.0 Å². The summed E-state index contributed by atoms with van der Waals surface area (Å²) in [6.45, 7) is 3.74. The largest absolute Gasteiger partial charge is 0.312 e. The highest BCUT2D eigenvalue weighted by Gasteiger charge is 2.19. The predicted molar refractivity (Wildman–Crippen MR) is 103 cm³/mol. The average Bonchev–Trinajstić information content (AvgIpc) is 3.06. The lowest BCUT2D eigenvalue weighted by molar-refractivity contribution is 0.102. The maximum atomic E-state index is 14.2. The number of fused-ring (bicyclic) bond motifs is 2. The minimum absolute atomic E-state index is 0.111. The number of hydrogen-bond acceptors (Lipinski definition) is 3. The van der Waals surface area contributed by atoms with Gasteiger partial charge >= 0.3 is 0 Å². The number of halogens is 1. The minimum Gasteiger partial charge on any atom is -0.312 e. The summed E-state index contributed by atoms with van der Waals surface area (Å²) in [5.41, 5.74) is 0.655. The maximum absolute atomic E-state index is 14.2. The van der Waals surface area contributed by atoms with Crippen molar-refractivity contribution < 1.29 is 9.18 Å². The van der Waals surface area contributed by atoms with Gasteiger partial charge in [-0.15, -0.1) is 0 Å². The van der Waals surface area contributed by atoms with Crippen LogP contribution in [-0.4, -0.2) is 20.7 Å². The van der Waals surface area contributed by atoms with Crippen LogP contribution in [0.3, 0.4) is 0 Å². The Bertz CT molecular complexity index is 1240. The lowest BCUT2D eigenvalue weighted by Gasteiger charge is -2.14. The number of amides is 1. The van der Waals surface area contributed by atoms with Gasteiger partial charge in [-0.1, -0.05) is 24.3 Å². The summed E-state index contributed by atoms with van der Waals surface area (Å²) in [6, 6.07) is 11.4. The molecule has 0 aliphatic rings. The van der Waals surface area contributed by atoms with E-state index in [1.54, 1.807) is 36.4 Å². The molecule has 2 aromatic heterocycles. The van der Waals surface area contributed by atoms with Crippen molar-refractivity contribution in [3.05, 3.63) is 70.4 Å². The number of anilines is 1. The third kappa shape index (κ3) is 2.77. The first-order valence-electron chi connectivity index (χ1n) is 8.55. The highest BCUT2D eigenvalue weighted by atomic mass is 19.1. The number of benzene rings is 2. The van der Waals surface area contributed by atoms with E-state index < -0.39 is 11.7 Å². The van der Waals surface area contributed by atoms with Crippen molar-refractivity contribution in [2.75, 3.05) is 5.32 Å². The van der Waals surface area contributed by atoms with Gasteiger partial charge in [0.05, 0.1) is 16.5 Å². The fourth-order valence-corrected chi connectivity index (χ4v) is 3.17. The van der Waals surface area contributed by atoms with Gasteiger partial charge in [0.1, 0.15) is 5.82 Å². The summed E-state index contributed by atoms with van der Waals surface area (Å²) in [5, 5.41) is 10.6. The monoisotopic (exact) mass is 364 g/mol. The van der Waals surface area contributed by atoms with E-state index in [0.29, 0.717) is 21.9 Å². The normalized spacial score (nSPS) is 11.4. The second kappa shape index (κ2) is 6.35. The number of carbonyl (C=O) groups is 1. The SMILES string of the molecule is CC(C)n1cc(C(=O)Nc2n[nH]c3cccc(F)c23)c2ccccc2c1=O. The van der Waals surface area contributed by atoms with Crippen LogP contribution in [-0.2, 0) is 0 Å². The number of carbonyl (C=O) groups excluding carboxylic acids is 1. The number of hydrogen-bond donors (Lipinski definition) is 2. The quantitative estimate of drug-likeness (QED) is 0.579. The van der Waals surface area contributed by atoms with Crippen molar-refractivity contribution in [1.82, 2.24) is 14.8 Å². The van der Waals surface area contributed by atoms with Crippen LogP contribution in [0.2, 0.25) is 0 Å². The Balaban J connectivity index is 1.85. The lowest BCUT2D eigenvalue weighted by atomic mass is 10.1. The van der Waals surface area contributed by atoms with Gasteiger partial charge in [-0.3, -0.25) is 14.7 Å². The Kier molecular flexibility index (Phi) is 3.99. The van der Waals surface area contributed by atoms with E-state index in [4.69, 9.17) is 0 Å². The van der Waals surface area contributed by atoms with Crippen LogP contribution in [0.4, 0.5) is 10.2 Å². The summed E-state index contributed by atoms with van der Waals surface area (Å²) < 4.78 is 15.7. The summed E-state index contributed by atoms with van der Waals surface area (Å²) >= 11 is 0. The number of nitrogens with zero attached hydrogens (tertiary/aromatic N) is 2. The molecule has 4 rings (SSSR count). The van der Waals surface area contributed by atoms with Crippen molar-refractivity contribution in [2.45, 2.75) is 19.9 Å². The maximum Gasteiger partial charge on any atom is 0.259 e. The third-order valence-corrected chi connectivity index (χ3v) is 4.52. The molecule has 0 atom stereocenters. The molecule has 2 aromatic carbocycles. The minimum atomic E-state index is -0.478. The smallest absolute Gasteiger partial charge is 0.259 e. The molecule has 1 amide bonds. The molecule has 0 radical (unpaired) electrons. The van der Waals surface area contributed by atoms with Crippen LogP contribution in [0.1, 0.15) is 30.2 Å². The van der Waals surface area contributed by atoms with Gasteiger partial charge in [-0.25, -0.2) is 4.39 Å². The van der Waals surface area contributed by atoms with Crippen molar-refractivity contribution in [2.24, 2.45) is 0 Å². The van der Waals surface area contributed by atoms with Gasteiger partial charge in [0.25, 0.3) is 11.5 Å². The first kappa shape index (κ1) is 17.0. The molecule has 0 spiro atoms. The second-order valence-corrected chi connectivity index (χ2v) is 6.58. The molecule has 136 valence electrons. The molecular formula is C20H17FN4O2. The molecule has 6 nitrogen and oxygen atoms in total. The number of aromatic amines is 1. The average molecular weight is 364 g/mol. The topological polar surface area (TPSA) is 79.8 Å². The van der Waals surface area contributed by atoms with E-state index in [1.165, 1.54) is 16.8 Å². The van der Waals surface area contributed by atoms with Crippen molar-refractivity contribution in [3.63, 3.8) is 0 Å². The molecule has 4 aromatic rings. The van der Waals surface area contributed by atoms with Crippen LogP contribution in [0.25, 0.3) is 21.7 Å². The predicted octanol–water partition coefficient (Wildman–Crippen LogP) is 3.85.